The van der Waals surface area contributed by atoms with Crippen molar-refractivity contribution in [1.29, 1.82) is 0 Å². The molecule has 0 aliphatic carbocycles. The van der Waals surface area contributed by atoms with Crippen LogP contribution >= 0.6 is 0 Å². The summed E-state index contributed by atoms with van der Waals surface area (Å²) in [6.07, 6.45) is -0.194. The van der Waals surface area contributed by atoms with Gasteiger partial charge in [-0.2, -0.15) is 5.10 Å². The van der Waals surface area contributed by atoms with Gasteiger partial charge in [-0.1, -0.05) is 13.8 Å². The Morgan fingerprint density at radius 1 is 1.45 bits per heavy atom. The fraction of sp³-hybridized carbons (Fsp3) is 0.636. The van der Waals surface area contributed by atoms with Gasteiger partial charge in [0.2, 0.25) is 10.0 Å². The van der Waals surface area contributed by atoms with E-state index in [9.17, 15) is 13.2 Å². The van der Waals surface area contributed by atoms with E-state index in [0.29, 0.717) is 5.69 Å². The Labute approximate surface area is 118 Å². The first kappa shape index (κ1) is 16.6. The number of hydrogen-bond acceptors (Lipinski definition) is 5. The van der Waals surface area contributed by atoms with E-state index >= 15 is 0 Å². The molecule has 1 rings (SSSR count). The zero-order chi connectivity index (χ0) is 15.5. The maximum absolute atomic E-state index is 12.0. The van der Waals surface area contributed by atoms with Crippen LogP contribution in [-0.2, 0) is 14.8 Å². The van der Waals surface area contributed by atoms with E-state index in [1.807, 2.05) is 0 Å². The molecule has 20 heavy (non-hydrogen) atoms. The second-order valence-corrected chi connectivity index (χ2v) is 6.27. The Morgan fingerprint density at radius 2 is 2.05 bits per heavy atom. The zero-order valence-electron chi connectivity index (χ0n) is 11.9. The number of aromatic amines is 1. The molecule has 1 amide bonds. The van der Waals surface area contributed by atoms with Gasteiger partial charge in [-0.25, -0.2) is 13.6 Å². The highest BCUT2D eigenvalue weighted by atomic mass is 32.2. The van der Waals surface area contributed by atoms with E-state index in [-0.39, 0.29) is 29.2 Å². The number of methoxy groups -OCH3 is 1. The third-order valence-corrected chi connectivity index (χ3v) is 3.76. The van der Waals surface area contributed by atoms with Crippen LogP contribution in [0.3, 0.4) is 0 Å². The minimum atomic E-state index is -4.04. The molecule has 0 saturated heterocycles. The molecule has 1 aromatic rings. The van der Waals surface area contributed by atoms with Crippen LogP contribution in [0.25, 0.3) is 0 Å². The summed E-state index contributed by atoms with van der Waals surface area (Å²) < 4.78 is 28.3. The van der Waals surface area contributed by atoms with Gasteiger partial charge in [0.1, 0.15) is 4.90 Å². The summed E-state index contributed by atoms with van der Waals surface area (Å²) in [4.78, 5) is 11.7. The fourth-order valence-corrected chi connectivity index (χ4v) is 2.58. The van der Waals surface area contributed by atoms with Gasteiger partial charge in [0, 0.05) is 13.7 Å². The van der Waals surface area contributed by atoms with Crippen molar-refractivity contribution < 1.29 is 17.9 Å². The molecule has 0 bridgehead atoms. The standard InChI is InChI=1S/C11H20N4O4S/c1-6(2)8-10(20(12,17)18)9(15-14-8)11(16)13-5-7(3)19-4/h6-7H,5H2,1-4H3,(H,13,16)(H,14,15)(H2,12,17,18). The Hall–Kier alpha value is -1.45. The molecule has 0 aliphatic heterocycles. The number of nitrogens with one attached hydrogen (secondary N) is 2. The van der Waals surface area contributed by atoms with Crippen molar-refractivity contribution in [3.63, 3.8) is 0 Å². The second kappa shape index (κ2) is 6.33. The van der Waals surface area contributed by atoms with Crippen molar-refractivity contribution in [2.24, 2.45) is 5.14 Å². The van der Waals surface area contributed by atoms with Gasteiger partial charge in [0.25, 0.3) is 5.91 Å². The normalized spacial score (nSPS) is 13.5. The van der Waals surface area contributed by atoms with Gasteiger partial charge in [0.15, 0.2) is 5.69 Å². The first-order valence-electron chi connectivity index (χ1n) is 6.10. The van der Waals surface area contributed by atoms with Crippen molar-refractivity contribution in [3.05, 3.63) is 11.4 Å². The molecule has 0 spiro atoms. The highest BCUT2D eigenvalue weighted by molar-refractivity contribution is 7.89. The van der Waals surface area contributed by atoms with Crippen LogP contribution in [0, 0.1) is 0 Å². The van der Waals surface area contributed by atoms with E-state index in [4.69, 9.17) is 9.88 Å². The summed E-state index contributed by atoms with van der Waals surface area (Å²) in [6, 6.07) is 0. The predicted octanol–water partition coefficient (Wildman–Crippen LogP) is -0.0548. The monoisotopic (exact) mass is 304 g/mol. The third kappa shape index (κ3) is 3.78. The van der Waals surface area contributed by atoms with Crippen molar-refractivity contribution >= 4 is 15.9 Å². The molecule has 0 aliphatic rings. The number of sulfonamides is 1. The van der Waals surface area contributed by atoms with Crippen LogP contribution in [-0.4, -0.2) is 44.3 Å². The lowest BCUT2D eigenvalue weighted by atomic mass is 10.1. The molecule has 8 nitrogen and oxygen atoms in total. The topological polar surface area (TPSA) is 127 Å². The van der Waals surface area contributed by atoms with Crippen LogP contribution in [0.4, 0.5) is 0 Å². The second-order valence-electron chi connectivity index (χ2n) is 4.77. The summed E-state index contributed by atoms with van der Waals surface area (Å²) in [6.45, 7) is 5.56. The molecule has 0 fully saturated rings. The Balaban J connectivity index is 3.10. The predicted molar refractivity (Wildman–Crippen MR) is 72.9 cm³/mol. The minimum Gasteiger partial charge on any atom is -0.380 e. The number of nitrogens with zero attached hydrogens (tertiary/aromatic N) is 1. The Bertz CT molecular complexity index is 579. The van der Waals surface area contributed by atoms with E-state index < -0.39 is 15.9 Å². The first-order valence-corrected chi connectivity index (χ1v) is 7.65. The molecule has 4 N–H and O–H groups in total. The minimum absolute atomic E-state index is 0.157. The van der Waals surface area contributed by atoms with E-state index in [2.05, 4.69) is 15.5 Å². The maximum atomic E-state index is 12.0. The van der Waals surface area contributed by atoms with Crippen molar-refractivity contribution in [2.75, 3.05) is 13.7 Å². The lowest BCUT2D eigenvalue weighted by Gasteiger charge is -2.10. The molecule has 0 saturated carbocycles. The van der Waals surface area contributed by atoms with Crippen LogP contribution in [0.1, 0.15) is 42.9 Å². The van der Waals surface area contributed by atoms with Gasteiger partial charge in [0.05, 0.1) is 11.8 Å². The van der Waals surface area contributed by atoms with Gasteiger partial charge in [-0.05, 0) is 12.8 Å². The zero-order valence-corrected chi connectivity index (χ0v) is 12.7. The molecule has 114 valence electrons. The SMILES string of the molecule is COC(C)CNC(=O)c1n[nH]c(C(C)C)c1S(N)(=O)=O. The van der Waals surface area contributed by atoms with Crippen LogP contribution < -0.4 is 10.5 Å². The molecule has 1 aromatic heterocycles. The van der Waals surface area contributed by atoms with E-state index in [1.165, 1.54) is 7.11 Å². The lowest BCUT2D eigenvalue weighted by Crippen LogP contribution is -2.33. The van der Waals surface area contributed by atoms with Gasteiger partial charge >= 0.3 is 0 Å². The molecule has 0 aromatic carbocycles. The van der Waals surface area contributed by atoms with Crippen LogP contribution in [0.15, 0.2) is 4.90 Å². The molecule has 1 heterocycles. The van der Waals surface area contributed by atoms with Gasteiger partial charge in [-0.15, -0.1) is 0 Å². The smallest absolute Gasteiger partial charge is 0.273 e. The van der Waals surface area contributed by atoms with Crippen LogP contribution in [0.5, 0.6) is 0 Å². The first-order chi connectivity index (χ1) is 9.18. The number of amides is 1. The lowest BCUT2D eigenvalue weighted by molar-refractivity contribution is 0.0863. The average molecular weight is 304 g/mol. The number of aromatic nitrogens is 2. The fourth-order valence-electron chi connectivity index (χ4n) is 1.58. The van der Waals surface area contributed by atoms with Gasteiger partial charge in [-0.3, -0.25) is 9.89 Å². The van der Waals surface area contributed by atoms with E-state index in [0.717, 1.165) is 0 Å². The number of primary sulfonamides is 1. The summed E-state index contributed by atoms with van der Waals surface area (Å²) in [5.41, 5.74) is 0.0944. The highest BCUT2D eigenvalue weighted by Crippen LogP contribution is 2.23. The molecular weight excluding hydrogens is 284 g/mol. The van der Waals surface area contributed by atoms with Crippen molar-refractivity contribution in [1.82, 2.24) is 15.5 Å². The molecule has 1 atom stereocenters. The quantitative estimate of drug-likeness (QED) is 0.678. The average Bonchev–Trinajstić information content (AvgIpc) is 2.80. The Morgan fingerprint density at radius 3 is 2.50 bits per heavy atom. The number of carbonyl (C=O) groups excluding carboxylic acids is 1. The Kier molecular flexibility index (Phi) is 5.26. The number of rotatable bonds is 6. The summed E-state index contributed by atoms with van der Waals surface area (Å²) >= 11 is 0. The van der Waals surface area contributed by atoms with Crippen molar-refractivity contribution in [3.8, 4) is 0 Å². The third-order valence-electron chi connectivity index (χ3n) is 2.78. The highest BCUT2D eigenvalue weighted by Gasteiger charge is 2.28. The van der Waals surface area contributed by atoms with Crippen LogP contribution in [0.2, 0.25) is 0 Å². The molecule has 9 heteroatoms. The molecule has 0 radical (unpaired) electrons. The number of hydrogen-bond donors (Lipinski definition) is 3. The maximum Gasteiger partial charge on any atom is 0.273 e. The van der Waals surface area contributed by atoms with Gasteiger partial charge < -0.3 is 10.1 Å². The van der Waals surface area contributed by atoms with Crippen molar-refractivity contribution in [2.45, 2.75) is 37.7 Å². The largest absolute Gasteiger partial charge is 0.380 e. The molecular formula is C11H20N4O4S. The summed E-state index contributed by atoms with van der Waals surface area (Å²) in [5.74, 6) is -0.767. The number of H-pyrrole nitrogens is 1. The van der Waals surface area contributed by atoms with E-state index in [1.54, 1.807) is 20.8 Å². The number of ether oxygens (including phenoxy) is 1. The number of nitrogens with two attached hydrogens (primary N) is 1. The summed E-state index contributed by atoms with van der Waals surface area (Å²) in [7, 11) is -2.53. The number of carbonyl (C=O) groups is 1. The molecule has 1 unspecified atom stereocenters. The summed E-state index contributed by atoms with van der Waals surface area (Å²) in [5, 5.41) is 14.0.